The molecular formula is C16H20FN3S. The minimum absolute atomic E-state index is 0.174. The number of nitrogens with zero attached hydrogens (tertiary/aromatic N) is 3. The molecule has 2 aromatic rings. The van der Waals surface area contributed by atoms with Crippen LogP contribution in [0.5, 0.6) is 0 Å². The summed E-state index contributed by atoms with van der Waals surface area (Å²) in [4.78, 5) is 6.94. The van der Waals surface area contributed by atoms with Crippen molar-refractivity contribution in [2.24, 2.45) is 5.92 Å². The molecule has 112 valence electrons. The molecule has 3 rings (SSSR count). The second-order valence-electron chi connectivity index (χ2n) is 6.05. The standard InChI is InChI=1S/C16H20FN3S/c1-10(2)15-18-16(21-19-15)20-8-7-11(3)14(20)12-5-4-6-13(17)9-12/h4-6,9-11,14H,7-8H2,1-3H3. The molecule has 1 fully saturated rings. The lowest BCUT2D eigenvalue weighted by Gasteiger charge is -2.26. The summed E-state index contributed by atoms with van der Waals surface area (Å²) >= 11 is 1.45. The number of halogens is 1. The lowest BCUT2D eigenvalue weighted by atomic mass is 9.95. The van der Waals surface area contributed by atoms with E-state index in [1.165, 1.54) is 17.6 Å². The average Bonchev–Trinajstić information content (AvgIpc) is 3.05. The van der Waals surface area contributed by atoms with Crippen LogP contribution in [-0.4, -0.2) is 15.9 Å². The van der Waals surface area contributed by atoms with Gasteiger partial charge in [-0.15, -0.1) is 0 Å². The predicted molar refractivity (Wildman–Crippen MR) is 84.3 cm³/mol. The lowest BCUT2D eigenvalue weighted by molar-refractivity contribution is 0.527. The predicted octanol–water partition coefficient (Wildman–Crippen LogP) is 4.39. The average molecular weight is 305 g/mol. The van der Waals surface area contributed by atoms with Crippen LogP contribution in [0.25, 0.3) is 0 Å². The van der Waals surface area contributed by atoms with Gasteiger partial charge in [0, 0.05) is 24.0 Å². The first-order chi connectivity index (χ1) is 10.1. The Morgan fingerprint density at radius 2 is 2.19 bits per heavy atom. The summed E-state index contributed by atoms with van der Waals surface area (Å²) in [5.41, 5.74) is 1.03. The van der Waals surface area contributed by atoms with E-state index in [0.29, 0.717) is 11.8 Å². The van der Waals surface area contributed by atoms with Crippen LogP contribution in [0.15, 0.2) is 24.3 Å². The second-order valence-corrected chi connectivity index (χ2v) is 6.78. The first kappa shape index (κ1) is 14.4. The summed E-state index contributed by atoms with van der Waals surface area (Å²) in [7, 11) is 0. The molecule has 0 radical (unpaired) electrons. The van der Waals surface area contributed by atoms with Crippen molar-refractivity contribution < 1.29 is 4.39 Å². The molecule has 0 spiro atoms. The fourth-order valence-corrected chi connectivity index (χ4v) is 3.81. The summed E-state index contributed by atoms with van der Waals surface area (Å²) in [6, 6.07) is 7.12. The maximum atomic E-state index is 13.5. The molecular weight excluding hydrogens is 285 g/mol. The van der Waals surface area contributed by atoms with Crippen molar-refractivity contribution in [1.29, 1.82) is 0 Å². The molecule has 1 aliphatic rings. The Morgan fingerprint density at radius 1 is 1.38 bits per heavy atom. The van der Waals surface area contributed by atoms with E-state index in [1.807, 2.05) is 6.07 Å². The van der Waals surface area contributed by atoms with Gasteiger partial charge >= 0.3 is 0 Å². The first-order valence-electron chi connectivity index (χ1n) is 7.42. The third kappa shape index (κ3) is 2.79. The lowest BCUT2D eigenvalue weighted by Crippen LogP contribution is -2.24. The number of hydrogen-bond donors (Lipinski definition) is 0. The Bertz CT molecular complexity index is 625. The topological polar surface area (TPSA) is 29.0 Å². The van der Waals surface area contributed by atoms with E-state index >= 15 is 0 Å². The van der Waals surface area contributed by atoms with E-state index in [-0.39, 0.29) is 11.9 Å². The van der Waals surface area contributed by atoms with Gasteiger partial charge in [0.25, 0.3) is 0 Å². The maximum Gasteiger partial charge on any atom is 0.205 e. The van der Waals surface area contributed by atoms with Gasteiger partial charge in [0.15, 0.2) is 0 Å². The quantitative estimate of drug-likeness (QED) is 0.842. The minimum Gasteiger partial charge on any atom is -0.340 e. The van der Waals surface area contributed by atoms with Crippen molar-refractivity contribution in [2.75, 3.05) is 11.4 Å². The van der Waals surface area contributed by atoms with Gasteiger partial charge in [0.1, 0.15) is 11.6 Å². The van der Waals surface area contributed by atoms with Crippen molar-refractivity contribution >= 4 is 16.7 Å². The van der Waals surface area contributed by atoms with Crippen molar-refractivity contribution in [2.45, 2.75) is 39.2 Å². The van der Waals surface area contributed by atoms with Crippen LogP contribution in [0, 0.1) is 11.7 Å². The fraction of sp³-hybridized carbons (Fsp3) is 0.500. The summed E-state index contributed by atoms with van der Waals surface area (Å²) in [5.74, 6) is 1.54. The molecule has 1 aromatic carbocycles. The molecule has 1 aliphatic heterocycles. The smallest absolute Gasteiger partial charge is 0.205 e. The van der Waals surface area contributed by atoms with E-state index < -0.39 is 0 Å². The summed E-state index contributed by atoms with van der Waals surface area (Å²) < 4.78 is 18.0. The fourth-order valence-electron chi connectivity index (χ4n) is 2.94. The SMILES string of the molecule is CC(C)c1nsc(N2CCC(C)C2c2cccc(F)c2)n1. The van der Waals surface area contributed by atoms with Crippen molar-refractivity contribution in [1.82, 2.24) is 9.36 Å². The van der Waals surface area contributed by atoms with Crippen LogP contribution in [0.2, 0.25) is 0 Å². The Balaban J connectivity index is 1.93. The third-order valence-corrected chi connectivity index (χ3v) is 4.85. The normalized spacial score (nSPS) is 22.2. The van der Waals surface area contributed by atoms with Crippen molar-refractivity contribution in [3.63, 3.8) is 0 Å². The van der Waals surface area contributed by atoms with Crippen LogP contribution in [0.3, 0.4) is 0 Å². The summed E-state index contributed by atoms with van der Waals surface area (Å²) in [6.07, 6.45) is 1.10. The van der Waals surface area contributed by atoms with Gasteiger partial charge in [0.05, 0.1) is 6.04 Å². The molecule has 1 aromatic heterocycles. The zero-order valence-corrected chi connectivity index (χ0v) is 13.4. The molecule has 0 bridgehead atoms. The van der Waals surface area contributed by atoms with Crippen molar-refractivity contribution in [3.05, 3.63) is 41.5 Å². The molecule has 3 nitrogen and oxygen atoms in total. The van der Waals surface area contributed by atoms with Crippen LogP contribution in [0.1, 0.15) is 50.5 Å². The largest absolute Gasteiger partial charge is 0.340 e. The van der Waals surface area contributed by atoms with Gasteiger partial charge in [-0.1, -0.05) is 32.9 Å². The van der Waals surface area contributed by atoms with Crippen LogP contribution in [0.4, 0.5) is 9.52 Å². The van der Waals surface area contributed by atoms with Gasteiger partial charge in [0.2, 0.25) is 5.13 Å². The van der Waals surface area contributed by atoms with Crippen LogP contribution in [-0.2, 0) is 0 Å². The highest BCUT2D eigenvalue weighted by Crippen LogP contribution is 2.41. The molecule has 2 atom stereocenters. The molecule has 0 amide bonds. The molecule has 1 saturated heterocycles. The molecule has 0 saturated carbocycles. The van der Waals surface area contributed by atoms with E-state index in [4.69, 9.17) is 0 Å². The highest BCUT2D eigenvalue weighted by Gasteiger charge is 2.34. The van der Waals surface area contributed by atoms with E-state index in [9.17, 15) is 4.39 Å². The van der Waals surface area contributed by atoms with E-state index in [0.717, 1.165) is 29.5 Å². The monoisotopic (exact) mass is 305 g/mol. The third-order valence-electron chi connectivity index (χ3n) is 4.08. The van der Waals surface area contributed by atoms with E-state index in [1.54, 1.807) is 12.1 Å². The molecule has 5 heteroatoms. The number of aromatic nitrogens is 2. The molecule has 2 unspecified atom stereocenters. The molecule has 0 N–H and O–H groups in total. The summed E-state index contributed by atoms with van der Waals surface area (Å²) in [6.45, 7) is 7.38. The van der Waals surface area contributed by atoms with Crippen LogP contribution >= 0.6 is 11.5 Å². The van der Waals surface area contributed by atoms with E-state index in [2.05, 4.69) is 35.0 Å². The molecule has 2 heterocycles. The summed E-state index contributed by atoms with van der Waals surface area (Å²) in [5, 5.41) is 0.956. The van der Waals surface area contributed by atoms with Gasteiger partial charge in [-0.3, -0.25) is 0 Å². The zero-order valence-electron chi connectivity index (χ0n) is 12.6. The Labute approximate surface area is 129 Å². The van der Waals surface area contributed by atoms with Gasteiger partial charge in [-0.25, -0.2) is 9.37 Å². The zero-order chi connectivity index (χ0) is 15.0. The highest BCUT2D eigenvalue weighted by atomic mass is 32.1. The van der Waals surface area contributed by atoms with Crippen molar-refractivity contribution in [3.8, 4) is 0 Å². The van der Waals surface area contributed by atoms with Gasteiger partial charge < -0.3 is 4.90 Å². The Kier molecular flexibility index (Phi) is 3.93. The van der Waals surface area contributed by atoms with Crippen LogP contribution < -0.4 is 4.90 Å². The number of benzene rings is 1. The first-order valence-corrected chi connectivity index (χ1v) is 8.19. The molecule has 0 aliphatic carbocycles. The second kappa shape index (κ2) is 5.72. The molecule has 21 heavy (non-hydrogen) atoms. The Hall–Kier alpha value is -1.49. The van der Waals surface area contributed by atoms with Gasteiger partial charge in [-0.2, -0.15) is 4.37 Å². The minimum atomic E-state index is -0.174. The maximum absolute atomic E-state index is 13.5. The number of rotatable bonds is 3. The Morgan fingerprint density at radius 3 is 2.86 bits per heavy atom. The number of anilines is 1. The number of hydrogen-bond acceptors (Lipinski definition) is 4. The highest BCUT2D eigenvalue weighted by molar-refractivity contribution is 7.09. The van der Waals surface area contributed by atoms with Gasteiger partial charge in [-0.05, 0) is 30.0 Å².